The molecule has 0 heterocycles. The molecule has 1 aliphatic carbocycles. The first-order valence-electron chi connectivity index (χ1n) is 5.72. The minimum Gasteiger partial charge on any atom is -0.301 e. The summed E-state index contributed by atoms with van der Waals surface area (Å²) in [6.07, 6.45) is 4.24. The Bertz CT molecular complexity index is 143. The highest BCUT2D eigenvalue weighted by atomic mass is 15.1. The molecule has 0 spiro atoms. The topological polar surface area (TPSA) is 3.24 Å². The fourth-order valence-corrected chi connectivity index (χ4v) is 2.66. The van der Waals surface area contributed by atoms with Crippen LogP contribution in [0.25, 0.3) is 0 Å². The SMILES string of the molecule is CC1CC(C)CC(N(C)C(C)C)C1. The highest BCUT2D eigenvalue weighted by Crippen LogP contribution is 2.31. The van der Waals surface area contributed by atoms with Gasteiger partial charge in [-0.1, -0.05) is 13.8 Å². The third kappa shape index (κ3) is 2.98. The van der Waals surface area contributed by atoms with Crippen molar-refractivity contribution < 1.29 is 0 Å². The summed E-state index contributed by atoms with van der Waals surface area (Å²) in [5.41, 5.74) is 0. The second-order valence-electron chi connectivity index (χ2n) is 5.33. The Labute approximate surface area is 83.5 Å². The molecule has 2 unspecified atom stereocenters. The zero-order valence-corrected chi connectivity index (χ0v) is 9.88. The predicted molar refractivity (Wildman–Crippen MR) is 58.9 cm³/mol. The first kappa shape index (κ1) is 11.0. The first-order valence-corrected chi connectivity index (χ1v) is 5.72. The molecule has 0 aromatic heterocycles. The lowest BCUT2D eigenvalue weighted by Gasteiger charge is -2.39. The van der Waals surface area contributed by atoms with Crippen molar-refractivity contribution in [3.05, 3.63) is 0 Å². The van der Waals surface area contributed by atoms with E-state index in [2.05, 4.69) is 39.6 Å². The standard InChI is InChI=1S/C12H25N/c1-9(2)13(5)12-7-10(3)6-11(4)8-12/h9-12H,6-8H2,1-5H3. The van der Waals surface area contributed by atoms with Crippen molar-refractivity contribution in [2.24, 2.45) is 11.8 Å². The van der Waals surface area contributed by atoms with Gasteiger partial charge in [0.2, 0.25) is 0 Å². The van der Waals surface area contributed by atoms with Crippen molar-refractivity contribution in [1.29, 1.82) is 0 Å². The van der Waals surface area contributed by atoms with Crippen LogP contribution in [-0.2, 0) is 0 Å². The molecular weight excluding hydrogens is 158 g/mol. The average molecular weight is 183 g/mol. The minimum absolute atomic E-state index is 0.697. The van der Waals surface area contributed by atoms with Crippen molar-refractivity contribution in [3.8, 4) is 0 Å². The van der Waals surface area contributed by atoms with Gasteiger partial charge in [-0.25, -0.2) is 0 Å². The van der Waals surface area contributed by atoms with Crippen molar-refractivity contribution in [2.45, 2.75) is 59.0 Å². The van der Waals surface area contributed by atoms with Gasteiger partial charge in [-0.3, -0.25) is 0 Å². The smallest absolute Gasteiger partial charge is 0.00999 e. The average Bonchev–Trinajstić information content (AvgIpc) is 2.01. The van der Waals surface area contributed by atoms with E-state index in [1.807, 2.05) is 0 Å². The Balaban J connectivity index is 2.49. The van der Waals surface area contributed by atoms with Gasteiger partial charge in [-0.2, -0.15) is 0 Å². The van der Waals surface area contributed by atoms with Gasteiger partial charge in [0, 0.05) is 12.1 Å². The number of hydrogen-bond donors (Lipinski definition) is 0. The largest absolute Gasteiger partial charge is 0.301 e. The van der Waals surface area contributed by atoms with Crippen molar-refractivity contribution in [1.82, 2.24) is 4.90 Å². The molecule has 1 rings (SSSR count). The van der Waals surface area contributed by atoms with Gasteiger partial charge in [0.1, 0.15) is 0 Å². The molecule has 78 valence electrons. The van der Waals surface area contributed by atoms with E-state index in [4.69, 9.17) is 0 Å². The van der Waals surface area contributed by atoms with Gasteiger partial charge >= 0.3 is 0 Å². The third-order valence-corrected chi connectivity index (χ3v) is 3.54. The van der Waals surface area contributed by atoms with Crippen LogP contribution in [0.4, 0.5) is 0 Å². The molecule has 2 atom stereocenters. The van der Waals surface area contributed by atoms with E-state index in [0.29, 0.717) is 6.04 Å². The summed E-state index contributed by atoms with van der Waals surface area (Å²) in [5.74, 6) is 1.85. The lowest BCUT2D eigenvalue weighted by molar-refractivity contribution is 0.109. The van der Waals surface area contributed by atoms with Gasteiger partial charge in [0.05, 0.1) is 0 Å². The second-order valence-corrected chi connectivity index (χ2v) is 5.33. The first-order chi connectivity index (χ1) is 6.00. The summed E-state index contributed by atoms with van der Waals surface area (Å²) < 4.78 is 0. The van der Waals surface area contributed by atoms with E-state index in [1.54, 1.807) is 0 Å². The van der Waals surface area contributed by atoms with E-state index in [-0.39, 0.29) is 0 Å². The molecule has 0 amide bonds. The van der Waals surface area contributed by atoms with E-state index in [1.165, 1.54) is 19.3 Å². The van der Waals surface area contributed by atoms with Crippen LogP contribution in [-0.4, -0.2) is 24.0 Å². The van der Waals surface area contributed by atoms with Gasteiger partial charge in [-0.15, -0.1) is 0 Å². The summed E-state index contributed by atoms with van der Waals surface area (Å²) >= 11 is 0. The molecule has 0 aliphatic heterocycles. The Morgan fingerprint density at radius 1 is 1.00 bits per heavy atom. The van der Waals surface area contributed by atoms with Crippen LogP contribution in [0.2, 0.25) is 0 Å². The number of rotatable bonds is 2. The molecule has 1 fully saturated rings. The maximum atomic E-state index is 2.55. The second kappa shape index (κ2) is 4.45. The summed E-state index contributed by atoms with van der Waals surface area (Å²) in [4.78, 5) is 2.55. The molecule has 13 heavy (non-hydrogen) atoms. The Morgan fingerprint density at radius 2 is 1.46 bits per heavy atom. The molecule has 0 saturated heterocycles. The van der Waals surface area contributed by atoms with Gasteiger partial charge in [0.15, 0.2) is 0 Å². The summed E-state index contributed by atoms with van der Waals surface area (Å²) in [6.45, 7) is 9.39. The van der Waals surface area contributed by atoms with E-state index < -0.39 is 0 Å². The number of hydrogen-bond acceptors (Lipinski definition) is 1. The van der Waals surface area contributed by atoms with E-state index in [0.717, 1.165) is 17.9 Å². The molecule has 1 aliphatic rings. The Hall–Kier alpha value is -0.0400. The Morgan fingerprint density at radius 3 is 1.85 bits per heavy atom. The van der Waals surface area contributed by atoms with Crippen molar-refractivity contribution >= 4 is 0 Å². The quantitative estimate of drug-likeness (QED) is 0.635. The maximum absolute atomic E-state index is 2.55. The van der Waals surface area contributed by atoms with Gasteiger partial charge in [-0.05, 0) is 52.0 Å². The van der Waals surface area contributed by atoms with Crippen LogP contribution in [0.15, 0.2) is 0 Å². The van der Waals surface area contributed by atoms with Crippen LogP contribution in [0, 0.1) is 11.8 Å². The molecule has 1 nitrogen and oxygen atoms in total. The van der Waals surface area contributed by atoms with Crippen LogP contribution in [0.1, 0.15) is 47.0 Å². The fraction of sp³-hybridized carbons (Fsp3) is 1.00. The molecule has 0 N–H and O–H groups in total. The summed E-state index contributed by atoms with van der Waals surface area (Å²) in [7, 11) is 2.28. The Kier molecular flexibility index (Phi) is 3.78. The van der Waals surface area contributed by atoms with Gasteiger partial charge in [0.25, 0.3) is 0 Å². The van der Waals surface area contributed by atoms with Crippen molar-refractivity contribution in [3.63, 3.8) is 0 Å². The van der Waals surface area contributed by atoms with Crippen molar-refractivity contribution in [2.75, 3.05) is 7.05 Å². The molecular formula is C12H25N. The van der Waals surface area contributed by atoms with Crippen LogP contribution in [0.3, 0.4) is 0 Å². The van der Waals surface area contributed by atoms with Crippen LogP contribution >= 0.6 is 0 Å². The molecule has 1 heteroatoms. The van der Waals surface area contributed by atoms with Crippen LogP contribution < -0.4 is 0 Å². The fourth-order valence-electron chi connectivity index (χ4n) is 2.66. The van der Waals surface area contributed by atoms with E-state index >= 15 is 0 Å². The maximum Gasteiger partial charge on any atom is 0.00999 e. The van der Waals surface area contributed by atoms with E-state index in [9.17, 15) is 0 Å². The minimum atomic E-state index is 0.697. The normalized spacial score (nSPS) is 35.8. The predicted octanol–water partition coefficient (Wildman–Crippen LogP) is 3.15. The zero-order chi connectivity index (χ0) is 10.0. The van der Waals surface area contributed by atoms with Gasteiger partial charge < -0.3 is 4.90 Å². The summed E-state index contributed by atoms with van der Waals surface area (Å²) in [5, 5.41) is 0. The number of nitrogens with zero attached hydrogens (tertiary/aromatic N) is 1. The van der Waals surface area contributed by atoms with Crippen LogP contribution in [0.5, 0.6) is 0 Å². The monoisotopic (exact) mass is 183 g/mol. The molecule has 0 radical (unpaired) electrons. The zero-order valence-electron chi connectivity index (χ0n) is 9.88. The molecule has 0 aromatic rings. The molecule has 0 aromatic carbocycles. The highest BCUT2D eigenvalue weighted by Gasteiger charge is 2.27. The third-order valence-electron chi connectivity index (χ3n) is 3.54. The lowest BCUT2D eigenvalue weighted by Crippen LogP contribution is -2.41. The summed E-state index contributed by atoms with van der Waals surface area (Å²) in [6, 6.07) is 1.53. The molecule has 1 saturated carbocycles. The molecule has 0 bridgehead atoms. The lowest BCUT2D eigenvalue weighted by atomic mass is 9.79. The highest BCUT2D eigenvalue weighted by molar-refractivity contribution is 4.81.